The lowest BCUT2D eigenvalue weighted by Crippen LogP contribution is -2.13. The molecule has 3 aromatic rings. The third-order valence-corrected chi connectivity index (χ3v) is 7.54. The van der Waals surface area contributed by atoms with Crippen molar-refractivity contribution in [2.24, 2.45) is 0 Å². The average Bonchev–Trinajstić information content (AvgIpc) is 3.43. The maximum Gasteiger partial charge on any atom is 0.235 e. The first-order chi connectivity index (χ1) is 14.2. The molecule has 0 saturated carbocycles. The van der Waals surface area contributed by atoms with Crippen molar-refractivity contribution in [3.63, 3.8) is 0 Å². The number of methoxy groups -OCH3 is 1. The van der Waals surface area contributed by atoms with Crippen molar-refractivity contribution in [3.8, 4) is 11.8 Å². The second-order valence-electron chi connectivity index (χ2n) is 6.24. The number of hydrogen-bond acceptors (Lipinski definition) is 9. The minimum absolute atomic E-state index is 0.147. The van der Waals surface area contributed by atoms with Crippen molar-refractivity contribution in [1.29, 1.82) is 5.26 Å². The van der Waals surface area contributed by atoms with Gasteiger partial charge in [0.1, 0.15) is 16.8 Å². The van der Waals surface area contributed by atoms with E-state index in [1.807, 2.05) is 24.3 Å². The molecular formula is C19H17N5O2S3. The van der Waals surface area contributed by atoms with Gasteiger partial charge in [0.15, 0.2) is 4.34 Å². The van der Waals surface area contributed by atoms with Crippen LogP contribution in [-0.2, 0) is 17.6 Å². The molecule has 1 aliphatic carbocycles. The Morgan fingerprint density at radius 1 is 1.28 bits per heavy atom. The molecule has 1 amide bonds. The summed E-state index contributed by atoms with van der Waals surface area (Å²) in [5.74, 6) is 0.849. The fourth-order valence-corrected chi connectivity index (χ4v) is 5.85. The molecule has 4 rings (SSSR count). The Morgan fingerprint density at radius 3 is 2.86 bits per heavy atom. The highest BCUT2D eigenvalue weighted by molar-refractivity contribution is 8.01. The summed E-state index contributed by atoms with van der Waals surface area (Å²) in [4.78, 5) is 13.6. The molecule has 7 nitrogen and oxygen atoms in total. The molecule has 0 radical (unpaired) electrons. The topological polar surface area (TPSA) is 99.9 Å². The lowest BCUT2D eigenvalue weighted by Gasteiger charge is -2.03. The molecule has 0 atom stereocenters. The van der Waals surface area contributed by atoms with Crippen LogP contribution in [0.4, 0.5) is 15.8 Å². The second-order valence-corrected chi connectivity index (χ2v) is 9.54. The lowest BCUT2D eigenvalue weighted by molar-refractivity contribution is -0.113. The van der Waals surface area contributed by atoms with Crippen molar-refractivity contribution < 1.29 is 9.53 Å². The van der Waals surface area contributed by atoms with Crippen LogP contribution in [0, 0.1) is 11.3 Å². The molecule has 10 heteroatoms. The van der Waals surface area contributed by atoms with E-state index in [-0.39, 0.29) is 11.7 Å². The van der Waals surface area contributed by atoms with Crippen LogP contribution in [-0.4, -0.2) is 29.0 Å². The van der Waals surface area contributed by atoms with Gasteiger partial charge in [-0.25, -0.2) is 0 Å². The van der Waals surface area contributed by atoms with Crippen LogP contribution < -0.4 is 15.4 Å². The fourth-order valence-electron chi connectivity index (χ4n) is 3.02. The molecule has 1 aliphatic rings. The van der Waals surface area contributed by atoms with Gasteiger partial charge in [0.25, 0.3) is 0 Å². The van der Waals surface area contributed by atoms with Gasteiger partial charge < -0.3 is 15.4 Å². The van der Waals surface area contributed by atoms with E-state index in [1.165, 1.54) is 39.3 Å². The Kier molecular flexibility index (Phi) is 5.99. The summed E-state index contributed by atoms with van der Waals surface area (Å²) in [5, 5.41) is 25.0. The zero-order valence-corrected chi connectivity index (χ0v) is 18.0. The summed E-state index contributed by atoms with van der Waals surface area (Å²) in [6.07, 6.45) is 3.01. The number of aryl methyl sites for hydroxylation is 1. The molecule has 2 aromatic heterocycles. The van der Waals surface area contributed by atoms with Gasteiger partial charge >= 0.3 is 0 Å². The number of amides is 1. The molecule has 148 valence electrons. The second kappa shape index (κ2) is 8.82. The van der Waals surface area contributed by atoms with E-state index < -0.39 is 0 Å². The highest BCUT2D eigenvalue weighted by atomic mass is 32.2. The molecule has 2 N–H and O–H groups in total. The Bertz CT molecular complexity index is 1070. The minimum Gasteiger partial charge on any atom is -0.497 e. The lowest BCUT2D eigenvalue weighted by atomic mass is 10.1. The first-order valence-electron chi connectivity index (χ1n) is 8.88. The first kappa shape index (κ1) is 19.7. The molecule has 1 aromatic carbocycles. The number of benzene rings is 1. The SMILES string of the molecule is COc1ccc(Nc2nnc(SCC(=O)Nc3sc4c(c3C#N)CCC4)s2)cc1. The molecule has 0 bridgehead atoms. The summed E-state index contributed by atoms with van der Waals surface area (Å²) >= 11 is 4.23. The molecule has 0 aliphatic heterocycles. The van der Waals surface area contributed by atoms with Crippen molar-refractivity contribution in [2.45, 2.75) is 23.6 Å². The number of aromatic nitrogens is 2. The summed E-state index contributed by atoms with van der Waals surface area (Å²) in [7, 11) is 1.62. The number of ether oxygens (including phenoxy) is 1. The van der Waals surface area contributed by atoms with E-state index in [9.17, 15) is 10.1 Å². The van der Waals surface area contributed by atoms with Gasteiger partial charge in [-0.1, -0.05) is 23.1 Å². The van der Waals surface area contributed by atoms with Crippen molar-refractivity contribution in [2.75, 3.05) is 23.5 Å². The van der Waals surface area contributed by atoms with Crippen LogP contribution in [0.25, 0.3) is 0 Å². The van der Waals surface area contributed by atoms with Crippen molar-refractivity contribution in [1.82, 2.24) is 10.2 Å². The number of thioether (sulfide) groups is 1. The fraction of sp³-hybridized carbons (Fsp3) is 0.263. The van der Waals surface area contributed by atoms with Crippen LogP contribution in [0.3, 0.4) is 0 Å². The van der Waals surface area contributed by atoms with E-state index in [0.717, 1.165) is 36.3 Å². The average molecular weight is 444 g/mol. The number of carbonyl (C=O) groups excluding carboxylic acids is 1. The summed E-state index contributed by atoms with van der Waals surface area (Å²) in [6.45, 7) is 0. The zero-order valence-electron chi connectivity index (χ0n) is 15.5. The molecule has 29 heavy (non-hydrogen) atoms. The van der Waals surface area contributed by atoms with Gasteiger partial charge in [0, 0.05) is 10.6 Å². The van der Waals surface area contributed by atoms with E-state index >= 15 is 0 Å². The van der Waals surface area contributed by atoms with Crippen LogP contribution in [0.1, 0.15) is 22.4 Å². The van der Waals surface area contributed by atoms with E-state index in [0.29, 0.717) is 20.0 Å². The number of nitriles is 1. The Labute approximate surface area is 180 Å². The van der Waals surface area contributed by atoms with Crippen molar-refractivity contribution in [3.05, 3.63) is 40.3 Å². The molecule has 0 unspecified atom stereocenters. The van der Waals surface area contributed by atoms with Crippen LogP contribution in [0.5, 0.6) is 5.75 Å². The molecule has 0 fully saturated rings. The third-order valence-electron chi connectivity index (χ3n) is 4.36. The number of carbonyl (C=O) groups is 1. The highest BCUT2D eigenvalue weighted by Crippen LogP contribution is 2.38. The Hall–Kier alpha value is -2.61. The molecule has 2 heterocycles. The van der Waals surface area contributed by atoms with Gasteiger partial charge in [-0.3, -0.25) is 4.79 Å². The maximum atomic E-state index is 12.3. The number of hydrogen-bond donors (Lipinski definition) is 2. The summed E-state index contributed by atoms with van der Waals surface area (Å²) in [5.41, 5.74) is 2.62. The smallest absolute Gasteiger partial charge is 0.235 e. The van der Waals surface area contributed by atoms with Crippen LogP contribution in [0.2, 0.25) is 0 Å². The van der Waals surface area contributed by atoms with E-state index in [2.05, 4.69) is 26.9 Å². The Morgan fingerprint density at radius 2 is 2.10 bits per heavy atom. The number of thiophene rings is 1. The number of fused-ring (bicyclic) bond motifs is 1. The largest absolute Gasteiger partial charge is 0.497 e. The van der Waals surface area contributed by atoms with Crippen LogP contribution >= 0.6 is 34.4 Å². The summed E-state index contributed by atoms with van der Waals surface area (Å²) in [6, 6.07) is 9.75. The predicted octanol–water partition coefficient (Wildman–Crippen LogP) is 4.44. The zero-order chi connectivity index (χ0) is 20.2. The quantitative estimate of drug-likeness (QED) is 0.521. The predicted molar refractivity (Wildman–Crippen MR) is 117 cm³/mol. The monoisotopic (exact) mass is 443 g/mol. The standard InChI is InChI=1S/C19H17N5O2S3/c1-26-12-7-5-11(6-8-12)21-18-23-24-19(29-18)27-10-16(25)22-17-14(9-20)13-3-2-4-15(13)28-17/h5-8H,2-4,10H2,1H3,(H,21,23)(H,22,25). The van der Waals surface area contributed by atoms with Gasteiger partial charge in [-0.05, 0) is 49.1 Å². The van der Waals surface area contributed by atoms with E-state index in [1.54, 1.807) is 7.11 Å². The Balaban J connectivity index is 1.31. The number of anilines is 3. The van der Waals surface area contributed by atoms with Crippen LogP contribution in [0.15, 0.2) is 28.6 Å². The first-order valence-corrected chi connectivity index (χ1v) is 11.5. The van der Waals surface area contributed by atoms with Gasteiger partial charge in [0.05, 0.1) is 18.4 Å². The summed E-state index contributed by atoms with van der Waals surface area (Å²) < 4.78 is 5.84. The van der Waals surface area contributed by atoms with Gasteiger partial charge in [-0.2, -0.15) is 5.26 Å². The minimum atomic E-state index is -0.147. The number of rotatable bonds is 7. The number of nitrogens with zero attached hydrogens (tertiary/aromatic N) is 3. The highest BCUT2D eigenvalue weighted by Gasteiger charge is 2.23. The molecule has 0 saturated heterocycles. The number of nitrogens with one attached hydrogen (secondary N) is 2. The third kappa shape index (κ3) is 4.53. The molecule has 0 spiro atoms. The van der Waals surface area contributed by atoms with Gasteiger partial charge in [-0.15, -0.1) is 21.5 Å². The maximum absolute atomic E-state index is 12.3. The van der Waals surface area contributed by atoms with Crippen molar-refractivity contribution >= 4 is 56.2 Å². The van der Waals surface area contributed by atoms with Gasteiger partial charge in [0.2, 0.25) is 11.0 Å². The van der Waals surface area contributed by atoms with E-state index in [4.69, 9.17) is 4.74 Å². The normalized spacial score (nSPS) is 12.3. The molecular weight excluding hydrogens is 426 g/mol.